The Labute approximate surface area is 194 Å². The molecule has 3 aromatic rings. The molecular formula is C24H23F3N6O. The molecule has 4 heterocycles. The van der Waals surface area contributed by atoms with Crippen LogP contribution in [0.2, 0.25) is 0 Å². The van der Waals surface area contributed by atoms with E-state index in [0.717, 1.165) is 30.8 Å². The number of piperidine rings is 1. The molecule has 0 spiro atoms. The van der Waals surface area contributed by atoms with Gasteiger partial charge in [-0.05, 0) is 55.9 Å². The number of alkyl halides is 3. The van der Waals surface area contributed by atoms with Crippen LogP contribution in [0.5, 0.6) is 0 Å². The second-order valence-corrected chi connectivity index (χ2v) is 8.85. The van der Waals surface area contributed by atoms with Gasteiger partial charge in [0.2, 0.25) is 0 Å². The average molecular weight is 468 g/mol. The van der Waals surface area contributed by atoms with Crippen molar-refractivity contribution in [2.45, 2.75) is 32.0 Å². The van der Waals surface area contributed by atoms with E-state index in [1.54, 1.807) is 18.6 Å². The summed E-state index contributed by atoms with van der Waals surface area (Å²) >= 11 is 0. The van der Waals surface area contributed by atoms with Gasteiger partial charge in [0.1, 0.15) is 11.5 Å². The highest BCUT2D eigenvalue weighted by atomic mass is 19.4. The van der Waals surface area contributed by atoms with Gasteiger partial charge in [-0.25, -0.2) is 9.97 Å². The zero-order valence-electron chi connectivity index (χ0n) is 18.5. The molecular weight excluding hydrogens is 445 g/mol. The fourth-order valence-electron chi connectivity index (χ4n) is 4.53. The largest absolute Gasteiger partial charge is 0.417 e. The minimum atomic E-state index is -4.43. The Kier molecular flexibility index (Phi) is 5.66. The fraction of sp³-hybridized carbons (Fsp3) is 0.375. The monoisotopic (exact) mass is 468 g/mol. The summed E-state index contributed by atoms with van der Waals surface area (Å²) in [5.41, 5.74) is 1.45. The zero-order chi connectivity index (χ0) is 23.9. The Balaban J connectivity index is 1.37. The van der Waals surface area contributed by atoms with Gasteiger partial charge in [0.25, 0.3) is 5.91 Å². The number of amides is 1. The van der Waals surface area contributed by atoms with Gasteiger partial charge in [0.05, 0.1) is 17.5 Å². The number of nitrogens with zero attached hydrogens (tertiary/aromatic N) is 5. The van der Waals surface area contributed by atoms with Crippen molar-refractivity contribution in [1.82, 2.24) is 24.8 Å². The summed E-state index contributed by atoms with van der Waals surface area (Å²) in [6, 6.07) is 5.86. The van der Waals surface area contributed by atoms with Crippen LogP contribution in [0.25, 0.3) is 11.3 Å². The molecule has 7 nitrogen and oxygen atoms in total. The first-order chi connectivity index (χ1) is 16.3. The molecule has 1 amide bonds. The summed E-state index contributed by atoms with van der Waals surface area (Å²) in [4.78, 5) is 32.5. The van der Waals surface area contributed by atoms with Crippen molar-refractivity contribution in [3.05, 3.63) is 66.0 Å². The number of aryl methyl sites for hydroxylation is 1. The standard InChI is InChI=1S/C24H23F3N6O/c1-14-2-4-19(20-12-28-6-7-29-20)22(32-14)23(34)33-13-16-8-15(16)9-18(33)11-31-21-5-3-17(10-30-21)24(25,26)27/h2-7,10,12,15-16,18H,8-9,11,13H2,1H3,(H,30,31)/t15-,16+,18?/m1/s1. The summed E-state index contributed by atoms with van der Waals surface area (Å²) in [5.74, 6) is 1.21. The first-order valence-electron chi connectivity index (χ1n) is 11.1. The highest BCUT2D eigenvalue weighted by Crippen LogP contribution is 2.47. The van der Waals surface area contributed by atoms with Crippen molar-refractivity contribution in [1.29, 1.82) is 0 Å². The summed E-state index contributed by atoms with van der Waals surface area (Å²) in [6.07, 6.45) is 3.04. The molecule has 1 saturated heterocycles. The Hall–Kier alpha value is -3.56. The zero-order valence-corrected chi connectivity index (χ0v) is 18.5. The van der Waals surface area contributed by atoms with Gasteiger partial charge in [-0.1, -0.05) is 0 Å². The average Bonchev–Trinajstić information content (AvgIpc) is 3.60. The lowest BCUT2D eigenvalue weighted by Crippen LogP contribution is -2.48. The van der Waals surface area contributed by atoms with Crippen LogP contribution in [-0.2, 0) is 6.18 Å². The Morgan fingerprint density at radius 1 is 1.09 bits per heavy atom. The molecule has 2 aliphatic rings. The maximum absolute atomic E-state index is 13.7. The van der Waals surface area contributed by atoms with Crippen molar-refractivity contribution in [2.75, 3.05) is 18.4 Å². The molecule has 1 N–H and O–H groups in total. The molecule has 3 aromatic heterocycles. The van der Waals surface area contributed by atoms with Crippen LogP contribution in [0.1, 0.15) is 34.6 Å². The second kappa shape index (κ2) is 8.66. The van der Waals surface area contributed by atoms with Crippen molar-refractivity contribution in [2.24, 2.45) is 11.8 Å². The summed E-state index contributed by atoms with van der Waals surface area (Å²) in [7, 11) is 0. The summed E-state index contributed by atoms with van der Waals surface area (Å²) < 4.78 is 38.4. The minimum Gasteiger partial charge on any atom is -0.368 e. The molecule has 0 aromatic carbocycles. The molecule has 176 valence electrons. The molecule has 1 unspecified atom stereocenters. The third-order valence-corrected chi connectivity index (χ3v) is 6.46. The summed E-state index contributed by atoms with van der Waals surface area (Å²) in [6.45, 7) is 2.85. The molecule has 1 aliphatic carbocycles. The molecule has 34 heavy (non-hydrogen) atoms. The van der Waals surface area contributed by atoms with Crippen molar-refractivity contribution in [3.8, 4) is 11.3 Å². The van der Waals surface area contributed by atoms with Crippen LogP contribution in [0.4, 0.5) is 19.0 Å². The number of anilines is 1. The molecule has 3 atom stereocenters. The molecule has 1 saturated carbocycles. The van der Waals surface area contributed by atoms with Gasteiger partial charge < -0.3 is 10.2 Å². The van der Waals surface area contributed by atoms with E-state index in [-0.39, 0.29) is 11.9 Å². The fourth-order valence-corrected chi connectivity index (χ4v) is 4.53. The Morgan fingerprint density at radius 3 is 2.65 bits per heavy atom. The number of fused-ring (bicyclic) bond motifs is 1. The normalized spacial score (nSPS) is 21.6. The van der Waals surface area contributed by atoms with E-state index in [0.29, 0.717) is 47.7 Å². The lowest BCUT2D eigenvalue weighted by Gasteiger charge is -2.36. The number of carbonyl (C=O) groups excluding carboxylic acids is 1. The number of hydrogen-bond donors (Lipinski definition) is 1. The van der Waals surface area contributed by atoms with Crippen LogP contribution < -0.4 is 5.32 Å². The molecule has 5 rings (SSSR count). The molecule has 0 radical (unpaired) electrons. The second-order valence-electron chi connectivity index (χ2n) is 8.85. The summed E-state index contributed by atoms with van der Waals surface area (Å²) in [5, 5.41) is 3.11. The van der Waals surface area contributed by atoms with Gasteiger partial charge >= 0.3 is 6.18 Å². The van der Waals surface area contributed by atoms with Crippen LogP contribution >= 0.6 is 0 Å². The predicted molar refractivity (Wildman–Crippen MR) is 119 cm³/mol. The van der Waals surface area contributed by atoms with E-state index in [2.05, 4.69) is 25.3 Å². The van der Waals surface area contributed by atoms with E-state index < -0.39 is 11.7 Å². The van der Waals surface area contributed by atoms with Gasteiger partial charge in [0.15, 0.2) is 0 Å². The third-order valence-electron chi connectivity index (χ3n) is 6.46. The number of aromatic nitrogens is 4. The van der Waals surface area contributed by atoms with Gasteiger partial charge in [0, 0.05) is 49.0 Å². The highest BCUT2D eigenvalue weighted by molar-refractivity contribution is 5.99. The van der Waals surface area contributed by atoms with Crippen molar-refractivity contribution < 1.29 is 18.0 Å². The third kappa shape index (κ3) is 4.57. The first kappa shape index (κ1) is 22.2. The maximum atomic E-state index is 13.7. The number of nitrogens with one attached hydrogen (secondary N) is 1. The van der Waals surface area contributed by atoms with E-state index in [1.807, 2.05) is 24.0 Å². The lowest BCUT2D eigenvalue weighted by molar-refractivity contribution is -0.137. The van der Waals surface area contributed by atoms with Crippen molar-refractivity contribution in [3.63, 3.8) is 0 Å². The Morgan fingerprint density at radius 2 is 1.94 bits per heavy atom. The van der Waals surface area contributed by atoms with E-state index in [1.165, 1.54) is 6.07 Å². The number of carbonyl (C=O) groups is 1. The van der Waals surface area contributed by atoms with Crippen molar-refractivity contribution >= 4 is 11.7 Å². The van der Waals surface area contributed by atoms with Gasteiger partial charge in [-0.2, -0.15) is 13.2 Å². The number of halogens is 3. The number of rotatable bonds is 5. The minimum absolute atomic E-state index is 0.127. The van der Waals surface area contributed by atoms with Crippen LogP contribution in [0, 0.1) is 18.8 Å². The topological polar surface area (TPSA) is 83.9 Å². The number of likely N-dealkylation sites (tertiary alicyclic amines) is 1. The quantitative estimate of drug-likeness (QED) is 0.604. The molecule has 0 bridgehead atoms. The lowest BCUT2D eigenvalue weighted by atomic mass is 10.00. The smallest absolute Gasteiger partial charge is 0.368 e. The predicted octanol–water partition coefficient (Wildman–Crippen LogP) is 4.22. The number of hydrogen-bond acceptors (Lipinski definition) is 6. The van der Waals surface area contributed by atoms with Crippen LogP contribution in [-0.4, -0.2) is 49.9 Å². The highest BCUT2D eigenvalue weighted by Gasteiger charge is 2.47. The van der Waals surface area contributed by atoms with Gasteiger partial charge in [-0.15, -0.1) is 0 Å². The van der Waals surface area contributed by atoms with Crippen LogP contribution in [0.15, 0.2) is 49.1 Å². The van der Waals surface area contributed by atoms with E-state index in [4.69, 9.17) is 0 Å². The SMILES string of the molecule is Cc1ccc(-c2cnccn2)c(C(=O)N2C[C@@H]3C[C@@H]3CC2CNc2ccc(C(F)(F)F)cn2)n1. The van der Waals surface area contributed by atoms with E-state index in [9.17, 15) is 18.0 Å². The maximum Gasteiger partial charge on any atom is 0.417 e. The Bertz CT molecular complexity index is 1190. The number of pyridine rings is 2. The van der Waals surface area contributed by atoms with E-state index >= 15 is 0 Å². The molecule has 2 fully saturated rings. The molecule has 10 heteroatoms. The van der Waals surface area contributed by atoms with Crippen LogP contribution in [0.3, 0.4) is 0 Å². The van der Waals surface area contributed by atoms with Gasteiger partial charge in [-0.3, -0.25) is 14.8 Å². The first-order valence-corrected chi connectivity index (χ1v) is 11.1. The molecule has 1 aliphatic heterocycles.